The van der Waals surface area contributed by atoms with Crippen LogP contribution < -0.4 is 5.32 Å². The second-order valence-corrected chi connectivity index (χ2v) is 8.99. The molecule has 5 rings (SSSR count). The molecule has 30 heavy (non-hydrogen) atoms. The van der Waals surface area contributed by atoms with Crippen LogP contribution in [-0.4, -0.2) is 51.4 Å². The molecule has 158 valence electrons. The van der Waals surface area contributed by atoms with Crippen molar-refractivity contribution in [3.8, 4) is 0 Å². The van der Waals surface area contributed by atoms with Crippen LogP contribution in [0, 0.1) is 5.92 Å². The number of benzene rings is 1. The smallest absolute Gasteiger partial charge is 0.256 e. The fourth-order valence-corrected chi connectivity index (χ4v) is 5.00. The molecular weight excluding hydrogens is 402 g/mol. The number of aromatic nitrogens is 2. The van der Waals surface area contributed by atoms with Gasteiger partial charge in [-0.05, 0) is 69.6 Å². The summed E-state index contributed by atoms with van der Waals surface area (Å²) in [5.41, 5.74) is 2.21. The van der Waals surface area contributed by atoms with Gasteiger partial charge in [-0.1, -0.05) is 18.5 Å². The van der Waals surface area contributed by atoms with Gasteiger partial charge in [-0.3, -0.25) is 14.7 Å². The largest absolute Gasteiger partial charge is 0.327 e. The van der Waals surface area contributed by atoms with Crippen LogP contribution in [0.15, 0.2) is 24.3 Å². The van der Waals surface area contributed by atoms with Crippen molar-refractivity contribution in [3.05, 3.63) is 46.1 Å². The lowest BCUT2D eigenvalue weighted by Gasteiger charge is -2.34. The first-order chi connectivity index (χ1) is 14.5. The second-order valence-electron chi connectivity index (χ2n) is 8.55. The normalized spacial score (nSPS) is 20.4. The molecule has 2 fully saturated rings. The first-order valence-electron chi connectivity index (χ1n) is 10.7. The second kappa shape index (κ2) is 7.39. The number of carbonyl (C=O) groups is 2. The Morgan fingerprint density at radius 1 is 1.23 bits per heavy atom. The van der Waals surface area contributed by atoms with E-state index < -0.39 is 0 Å². The Hall–Kier alpha value is -2.38. The zero-order valence-corrected chi connectivity index (χ0v) is 17.8. The number of nitrogens with zero attached hydrogens (tertiary/aromatic N) is 3. The van der Waals surface area contributed by atoms with E-state index in [1.54, 1.807) is 24.3 Å². The van der Waals surface area contributed by atoms with Crippen LogP contribution in [0.25, 0.3) is 0 Å². The van der Waals surface area contributed by atoms with E-state index in [9.17, 15) is 9.59 Å². The first kappa shape index (κ1) is 19.6. The van der Waals surface area contributed by atoms with Crippen LogP contribution in [0.3, 0.4) is 0 Å². The van der Waals surface area contributed by atoms with Crippen molar-refractivity contribution in [1.29, 1.82) is 0 Å². The molecule has 1 spiro atoms. The number of hydrogen-bond acceptors (Lipinski definition) is 4. The Kier molecular flexibility index (Phi) is 4.82. The molecule has 1 aliphatic carbocycles. The van der Waals surface area contributed by atoms with E-state index >= 15 is 0 Å². The van der Waals surface area contributed by atoms with Gasteiger partial charge < -0.3 is 15.1 Å². The van der Waals surface area contributed by atoms with Crippen LogP contribution in [0.1, 0.15) is 54.2 Å². The highest BCUT2D eigenvalue weighted by Gasteiger charge is 2.59. The molecular formula is C22H26ClN5O2. The molecule has 3 heterocycles. The molecule has 1 saturated carbocycles. The summed E-state index contributed by atoms with van der Waals surface area (Å²) in [6.07, 6.45) is 3.75. The number of aromatic amines is 1. The van der Waals surface area contributed by atoms with Crippen molar-refractivity contribution in [2.75, 3.05) is 25.0 Å². The van der Waals surface area contributed by atoms with Crippen LogP contribution in [0.4, 0.5) is 5.82 Å². The quantitative estimate of drug-likeness (QED) is 0.783. The average molecular weight is 428 g/mol. The van der Waals surface area contributed by atoms with Crippen molar-refractivity contribution >= 4 is 29.2 Å². The van der Waals surface area contributed by atoms with Gasteiger partial charge in [0.1, 0.15) is 0 Å². The van der Waals surface area contributed by atoms with Crippen molar-refractivity contribution in [2.45, 2.75) is 44.7 Å². The maximum atomic E-state index is 13.4. The molecule has 2 amide bonds. The number of nitrogens with one attached hydrogen (secondary N) is 2. The number of hydrogen-bond donors (Lipinski definition) is 2. The monoisotopic (exact) mass is 427 g/mol. The summed E-state index contributed by atoms with van der Waals surface area (Å²) in [5.74, 6) is 0.632. The van der Waals surface area contributed by atoms with E-state index in [4.69, 9.17) is 11.6 Å². The van der Waals surface area contributed by atoms with Gasteiger partial charge in [-0.2, -0.15) is 5.10 Å². The lowest BCUT2D eigenvalue weighted by Crippen LogP contribution is -2.44. The molecule has 7 nitrogen and oxygen atoms in total. The van der Waals surface area contributed by atoms with Crippen LogP contribution in [0.5, 0.6) is 0 Å². The van der Waals surface area contributed by atoms with E-state index in [2.05, 4.69) is 27.3 Å². The summed E-state index contributed by atoms with van der Waals surface area (Å²) in [6.45, 7) is 5.70. The van der Waals surface area contributed by atoms with Gasteiger partial charge in [0, 0.05) is 22.1 Å². The van der Waals surface area contributed by atoms with Crippen molar-refractivity contribution in [1.82, 2.24) is 20.0 Å². The number of H-pyrrole nitrogens is 1. The third kappa shape index (κ3) is 3.20. The number of fused-ring (bicyclic) bond motifs is 2. The molecule has 2 N–H and O–H groups in total. The van der Waals surface area contributed by atoms with Crippen LogP contribution in [-0.2, 0) is 16.9 Å². The number of piperidine rings is 1. The first-order valence-corrected chi connectivity index (χ1v) is 11.1. The Morgan fingerprint density at radius 3 is 2.57 bits per heavy atom. The van der Waals surface area contributed by atoms with Crippen molar-refractivity contribution in [3.63, 3.8) is 0 Å². The summed E-state index contributed by atoms with van der Waals surface area (Å²) in [5, 5.41) is 11.0. The summed E-state index contributed by atoms with van der Waals surface area (Å²) in [7, 11) is 0. The van der Waals surface area contributed by atoms with Crippen molar-refractivity contribution < 1.29 is 9.59 Å². The minimum absolute atomic E-state index is 0.0920. The Bertz CT molecular complexity index is 974. The van der Waals surface area contributed by atoms with Crippen LogP contribution >= 0.6 is 11.6 Å². The SMILES string of the molecule is CCN1CCC(C(=O)N2Cc3c(NC(=O)c4ccc(Cl)cc4)n[nH]c3C23CC3)CC1. The number of carbonyl (C=O) groups excluding carboxylic acids is 2. The lowest BCUT2D eigenvalue weighted by molar-refractivity contribution is -0.140. The Labute approximate surface area is 180 Å². The van der Waals surface area contributed by atoms with Gasteiger partial charge in [0.25, 0.3) is 5.91 Å². The van der Waals surface area contributed by atoms with E-state index in [1.807, 2.05) is 4.90 Å². The van der Waals surface area contributed by atoms with E-state index in [0.29, 0.717) is 22.9 Å². The number of anilines is 1. The number of halogens is 1. The molecule has 0 unspecified atom stereocenters. The standard InChI is InChI=1S/C22H26ClN5O2/c1-2-27-11-7-15(8-12-27)21(30)28-13-17-18(22(28)9-10-22)25-26-19(17)24-20(29)14-3-5-16(23)6-4-14/h3-6,15H,2,7-13H2,1H3,(H2,24,25,26,29). The van der Waals surface area contributed by atoms with E-state index in [0.717, 1.165) is 56.6 Å². The molecule has 1 aromatic heterocycles. The molecule has 0 radical (unpaired) electrons. The van der Waals surface area contributed by atoms with Gasteiger partial charge in [0.2, 0.25) is 5.91 Å². The summed E-state index contributed by atoms with van der Waals surface area (Å²) in [6, 6.07) is 6.75. The highest BCUT2D eigenvalue weighted by atomic mass is 35.5. The predicted molar refractivity (Wildman–Crippen MR) is 114 cm³/mol. The fourth-order valence-electron chi connectivity index (χ4n) is 4.88. The van der Waals surface area contributed by atoms with E-state index in [-0.39, 0.29) is 23.3 Å². The minimum Gasteiger partial charge on any atom is -0.327 e. The molecule has 0 bridgehead atoms. The minimum atomic E-state index is -0.245. The van der Waals surface area contributed by atoms with Gasteiger partial charge >= 0.3 is 0 Å². The highest BCUT2D eigenvalue weighted by molar-refractivity contribution is 6.30. The van der Waals surface area contributed by atoms with Crippen molar-refractivity contribution in [2.24, 2.45) is 5.92 Å². The predicted octanol–water partition coefficient (Wildman–Crippen LogP) is 3.38. The topological polar surface area (TPSA) is 81.3 Å². The molecule has 8 heteroatoms. The fraction of sp³-hybridized carbons (Fsp3) is 0.500. The Balaban J connectivity index is 1.32. The number of rotatable bonds is 4. The van der Waals surface area contributed by atoms with Gasteiger partial charge in [-0.25, -0.2) is 0 Å². The summed E-state index contributed by atoms with van der Waals surface area (Å²) in [4.78, 5) is 30.4. The van der Waals surface area contributed by atoms with E-state index in [1.165, 1.54) is 0 Å². The molecule has 0 atom stereocenters. The zero-order valence-electron chi connectivity index (χ0n) is 17.1. The molecule has 1 saturated heterocycles. The highest BCUT2D eigenvalue weighted by Crippen LogP contribution is 2.57. The lowest BCUT2D eigenvalue weighted by atomic mass is 9.94. The molecule has 1 aromatic carbocycles. The molecule has 3 aliphatic rings. The summed E-state index contributed by atoms with van der Waals surface area (Å²) < 4.78 is 0. The molecule has 2 aromatic rings. The molecule has 2 aliphatic heterocycles. The maximum absolute atomic E-state index is 13.4. The maximum Gasteiger partial charge on any atom is 0.256 e. The summed E-state index contributed by atoms with van der Waals surface area (Å²) >= 11 is 5.91. The number of amides is 2. The zero-order chi connectivity index (χ0) is 20.9. The number of likely N-dealkylation sites (tertiary alicyclic amines) is 1. The van der Waals surface area contributed by atoms with Gasteiger partial charge in [0.15, 0.2) is 5.82 Å². The van der Waals surface area contributed by atoms with Gasteiger partial charge in [0.05, 0.1) is 17.8 Å². The van der Waals surface area contributed by atoms with Crippen LogP contribution in [0.2, 0.25) is 5.02 Å². The van der Waals surface area contributed by atoms with Gasteiger partial charge in [-0.15, -0.1) is 0 Å². The third-order valence-electron chi connectivity index (χ3n) is 6.88. The third-order valence-corrected chi connectivity index (χ3v) is 7.13. The average Bonchev–Trinajstić information content (AvgIpc) is 3.37. The Morgan fingerprint density at radius 2 is 1.93 bits per heavy atom.